The van der Waals surface area contributed by atoms with Crippen molar-refractivity contribution >= 4 is 27.5 Å². The van der Waals surface area contributed by atoms with Gasteiger partial charge in [0, 0.05) is 16.7 Å². The molecule has 0 aliphatic heterocycles. The second-order valence-electron chi connectivity index (χ2n) is 2.71. The number of benzene rings is 1. The summed E-state index contributed by atoms with van der Waals surface area (Å²) < 4.78 is 0.792. The van der Waals surface area contributed by atoms with Gasteiger partial charge in [-0.15, -0.1) is 0 Å². The topological polar surface area (TPSA) is 75.4 Å². The van der Waals surface area contributed by atoms with Gasteiger partial charge in [-0.05, 0) is 18.2 Å². The third kappa shape index (κ3) is 2.71. The molecule has 76 valence electrons. The molecule has 1 rings (SSSR count). The van der Waals surface area contributed by atoms with Gasteiger partial charge in [-0.3, -0.25) is 4.79 Å². The Hall–Kier alpha value is -1.07. The number of halogens is 1. The number of aliphatic hydroxyl groups excluding tert-OH is 1. The zero-order valence-electron chi connectivity index (χ0n) is 7.46. The van der Waals surface area contributed by atoms with E-state index in [1.165, 1.54) is 0 Å². The normalized spacial score (nSPS) is 9.86. The molecule has 5 heteroatoms. The molecule has 0 radical (unpaired) electrons. The van der Waals surface area contributed by atoms with Crippen LogP contribution in [0.15, 0.2) is 22.7 Å². The standard InChI is InChI=1S/C9H11BrN2O2/c10-6-1-2-8(11)7(5-6)9(14)12-3-4-13/h1-2,5,13H,3-4,11H2,(H,12,14). The van der Waals surface area contributed by atoms with E-state index in [0.29, 0.717) is 11.3 Å². The monoisotopic (exact) mass is 258 g/mol. The highest BCUT2D eigenvalue weighted by molar-refractivity contribution is 9.10. The molecular formula is C9H11BrN2O2. The Balaban J connectivity index is 2.83. The summed E-state index contributed by atoms with van der Waals surface area (Å²) in [7, 11) is 0. The molecule has 0 aliphatic rings. The molecule has 0 saturated heterocycles. The zero-order valence-corrected chi connectivity index (χ0v) is 9.04. The van der Waals surface area contributed by atoms with E-state index in [9.17, 15) is 4.79 Å². The number of carbonyl (C=O) groups excluding carboxylic acids is 1. The van der Waals surface area contributed by atoms with Crippen molar-refractivity contribution in [2.24, 2.45) is 0 Å². The lowest BCUT2D eigenvalue weighted by Gasteiger charge is -2.06. The molecule has 4 N–H and O–H groups in total. The summed E-state index contributed by atoms with van der Waals surface area (Å²) in [5.41, 5.74) is 6.45. The number of nitrogens with one attached hydrogen (secondary N) is 1. The van der Waals surface area contributed by atoms with Crippen LogP contribution >= 0.6 is 15.9 Å². The second-order valence-corrected chi connectivity index (χ2v) is 3.63. The average molecular weight is 259 g/mol. The SMILES string of the molecule is Nc1ccc(Br)cc1C(=O)NCCO. The van der Waals surface area contributed by atoms with E-state index in [2.05, 4.69) is 21.2 Å². The summed E-state index contributed by atoms with van der Waals surface area (Å²) >= 11 is 3.25. The predicted octanol–water partition coefficient (Wildman–Crippen LogP) is 0.753. The third-order valence-electron chi connectivity index (χ3n) is 1.66. The van der Waals surface area contributed by atoms with Crippen molar-refractivity contribution in [2.75, 3.05) is 18.9 Å². The number of anilines is 1. The molecule has 0 saturated carbocycles. The van der Waals surface area contributed by atoms with Gasteiger partial charge < -0.3 is 16.2 Å². The fraction of sp³-hybridized carbons (Fsp3) is 0.222. The van der Waals surface area contributed by atoms with Gasteiger partial charge in [0.2, 0.25) is 0 Å². The highest BCUT2D eigenvalue weighted by atomic mass is 79.9. The summed E-state index contributed by atoms with van der Waals surface area (Å²) in [6.07, 6.45) is 0. The van der Waals surface area contributed by atoms with Crippen LogP contribution in [0, 0.1) is 0 Å². The number of rotatable bonds is 3. The lowest BCUT2D eigenvalue weighted by molar-refractivity contribution is 0.0945. The molecule has 14 heavy (non-hydrogen) atoms. The Morgan fingerprint density at radius 2 is 2.29 bits per heavy atom. The zero-order chi connectivity index (χ0) is 10.6. The van der Waals surface area contributed by atoms with Crippen molar-refractivity contribution in [1.29, 1.82) is 0 Å². The number of aliphatic hydroxyl groups is 1. The number of hydrogen-bond donors (Lipinski definition) is 3. The van der Waals surface area contributed by atoms with Gasteiger partial charge in [0.25, 0.3) is 5.91 Å². The van der Waals surface area contributed by atoms with Gasteiger partial charge in [0.15, 0.2) is 0 Å². The minimum Gasteiger partial charge on any atom is -0.398 e. The van der Waals surface area contributed by atoms with E-state index < -0.39 is 0 Å². The molecular weight excluding hydrogens is 248 g/mol. The van der Waals surface area contributed by atoms with Gasteiger partial charge in [0.05, 0.1) is 12.2 Å². The summed E-state index contributed by atoms with van der Waals surface area (Å²) in [5, 5.41) is 11.1. The molecule has 1 aromatic carbocycles. The Morgan fingerprint density at radius 1 is 1.57 bits per heavy atom. The van der Waals surface area contributed by atoms with Gasteiger partial charge in [-0.2, -0.15) is 0 Å². The molecule has 0 heterocycles. The summed E-state index contributed by atoms with van der Waals surface area (Å²) in [6.45, 7) is 0.143. The van der Waals surface area contributed by atoms with Crippen molar-refractivity contribution in [3.05, 3.63) is 28.2 Å². The lowest BCUT2D eigenvalue weighted by atomic mass is 10.1. The first-order chi connectivity index (χ1) is 6.65. The molecule has 1 amide bonds. The van der Waals surface area contributed by atoms with Crippen LogP contribution in [0.1, 0.15) is 10.4 Å². The van der Waals surface area contributed by atoms with Crippen LogP contribution in [0.4, 0.5) is 5.69 Å². The number of carbonyl (C=O) groups is 1. The molecule has 0 fully saturated rings. The fourth-order valence-electron chi connectivity index (χ4n) is 0.990. The van der Waals surface area contributed by atoms with Crippen LogP contribution in [0.25, 0.3) is 0 Å². The molecule has 0 aliphatic carbocycles. The minimum atomic E-state index is -0.280. The quantitative estimate of drug-likeness (QED) is 0.701. The Morgan fingerprint density at radius 3 is 2.93 bits per heavy atom. The number of nitrogens with two attached hydrogens (primary N) is 1. The first-order valence-electron chi connectivity index (χ1n) is 4.09. The number of amides is 1. The van der Waals surface area contributed by atoms with Crippen molar-refractivity contribution in [1.82, 2.24) is 5.32 Å². The van der Waals surface area contributed by atoms with Crippen molar-refractivity contribution in [3.8, 4) is 0 Å². The Bertz CT molecular complexity index is 342. The highest BCUT2D eigenvalue weighted by Gasteiger charge is 2.08. The molecule has 1 aromatic rings. The van der Waals surface area contributed by atoms with Crippen molar-refractivity contribution < 1.29 is 9.90 Å². The molecule has 0 aromatic heterocycles. The third-order valence-corrected chi connectivity index (χ3v) is 2.15. The van der Waals surface area contributed by atoms with Crippen LogP contribution in [-0.2, 0) is 0 Å². The van der Waals surface area contributed by atoms with Crippen molar-refractivity contribution in [2.45, 2.75) is 0 Å². The van der Waals surface area contributed by atoms with E-state index >= 15 is 0 Å². The fourth-order valence-corrected chi connectivity index (χ4v) is 1.35. The maximum absolute atomic E-state index is 11.5. The van der Waals surface area contributed by atoms with E-state index in [4.69, 9.17) is 10.8 Å². The second kappa shape index (κ2) is 4.97. The molecule has 0 unspecified atom stereocenters. The smallest absolute Gasteiger partial charge is 0.253 e. The van der Waals surface area contributed by atoms with Crippen LogP contribution in [0.3, 0.4) is 0 Å². The maximum atomic E-state index is 11.5. The summed E-state index contributed by atoms with van der Waals surface area (Å²) in [6, 6.07) is 5.05. The summed E-state index contributed by atoms with van der Waals surface area (Å²) in [4.78, 5) is 11.5. The largest absolute Gasteiger partial charge is 0.398 e. The van der Waals surface area contributed by atoms with Crippen LogP contribution < -0.4 is 11.1 Å². The van der Waals surface area contributed by atoms with Gasteiger partial charge >= 0.3 is 0 Å². The predicted molar refractivity (Wildman–Crippen MR) is 58.0 cm³/mol. The van der Waals surface area contributed by atoms with Gasteiger partial charge in [-0.25, -0.2) is 0 Å². The number of hydrogen-bond acceptors (Lipinski definition) is 3. The van der Waals surface area contributed by atoms with Crippen LogP contribution in [-0.4, -0.2) is 24.2 Å². The van der Waals surface area contributed by atoms with E-state index in [1.807, 2.05) is 0 Å². The minimum absolute atomic E-state index is 0.0837. The highest BCUT2D eigenvalue weighted by Crippen LogP contribution is 2.17. The summed E-state index contributed by atoms with van der Waals surface area (Å²) in [5.74, 6) is -0.280. The van der Waals surface area contributed by atoms with Gasteiger partial charge in [0.1, 0.15) is 0 Å². The Labute approximate surface area is 90.2 Å². The van der Waals surface area contributed by atoms with Crippen molar-refractivity contribution in [3.63, 3.8) is 0 Å². The first-order valence-corrected chi connectivity index (χ1v) is 4.88. The van der Waals surface area contributed by atoms with E-state index in [0.717, 1.165) is 4.47 Å². The molecule has 0 atom stereocenters. The van der Waals surface area contributed by atoms with Crippen LogP contribution in [0.5, 0.6) is 0 Å². The van der Waals surface area contributed by atoms with Gasteiger partial charge in [-0.1, -0.05) is 15.9 Å². The molecule has 4 nitrogen and oxygen atoms in total. The number of nitrogen functional groups attached to an aromatic ring is 1. The average Bonchev–Trinajstić information content (AvgIpc) is 2.18. The first kappa shape index (κ1) is 11.0. The Kier molecular flexibility index (Phi) is 3.91. The molecule has 0 bridgehead atoms. The maximum Gasteiger partial charge on any atom is 0.253 e. The lowest BCUT2D eigenvalue weighted by Crippen LogP contribution is -2.27. The van der Waals surface area contributed by atoms with Crippen LogP contribution in [0.2, 0.25) is 0 Å². The van der Waals surface area contributed by atoms with E-state index in [-0.39, 0.29) is 19.1 Å². The molecule has 0 spiro atoms. The van der Waals surface area contributed by atoms with E-state index in [1.54, 1.807) is 18.2 Å².